The fourth-order valence-electron chi connectivity index (χ4n) is 1.39. The molecule has 0 aromatic carbocycles. The van der Waals surface area contributed by atoms with Gasteiger partial charge in [0.1, 0.15) is 0 Å². The molecular formula is C11H15N3O3. The molecule has 2 N–H and O–H groups in total. The number of nitrogens with one attached hydrogen (secondary N) is 1. The molecule has 0 aliphatic heterocycles. The zero-order valence-corrected chi connectivity index (χ0v) is 9.64. The second-order valence-corrected chi connectivity index (χ2v) is 4.18. The number of ether oxygens (including phenoxy) is 1. The standard InChI is InChI=1S/C11H15N3O3/c1-7-4-9(17-6-10(15)16)14-11(13-7)12-5-8-2-3-8/h4,8H,2-3,5-6H2,1H3,(H,15,16)(H,12,13,14). The van der Waals surface area contributed by atoms with Crippen molar-refractivity contribution in [1.82, 2.24) is 9.97 Å². The summed E-state index contributed by atoms with van der Waals surface area (Å²) in [5.41, 5.74) is 0.749. The fraction of sp³-hybridized carbons (Fsp3) is 0.545. The quantitative estimate of drug-likeness (QED) is 0.770. The molecule has 0 saturated heterocycles. The smallest absolute Gasteiger partial charge is 0.341 e. The van der Waals surface area contributed by atoms with Gasteiger partial charge in [-0.05, 0) is 25.7 Å². The van der Waals surface area contributed by atoms with Crippen LogP contribution in [0.5, 0.6) is 5.88 Å². The molecule has 1 aromatic rings. The van der Waals surface area contributed by atoms with E-state index in [2.05, 4.69) is 15.3 Å². The molecule has 17 heavy (non-hydrogen) atoms. The number of anilines is 1. The van der Waals surface area contributed by atoms with E-state index in [-0.39, 0.29) is 5.88 Å². The van der Waals surface area contributed by atoms with Crippen molar-refractivity contribution in [1.29, 1.82) is 0 Å². The first kappa shape index (κ1) is 11.6. The van der Waals surface area contributed by atoms with E-state index >= 15 is 0 Å². The monoisotopic (exact) mass is 237 g/mol. The molecular weight excluding hydrogens is 222 g/mol. The minimum absolute atomic E-state index is 0.290. The average molecular weight is 237 g/mol. The Morgan fingerprint density at radius 3 is 3.00 bits per heavy atom. The Bertz CT molecular complexity index is 418. The van der Waals surface area contributed by atoms with Crippen molar-refractivity contribution in [2.45, 2.75) is 19.8 Å². The van der Waals surface area contributed by atoms with Crippen LogP contribution in [0.2, 0.25) is 0 Å². The van der Waals surface area contributed by atoms with Crippen molar-refractivity contribution in [3.8, 4) is 5.88 Å². The van der Waals surface area contributed by atoms with E-state index < -0.39 is 12.6 Å². The summed E-state index contributed by atoms with van der Waals surface area (Å²) in [7, 11) is 0. The van der Waals surface area contributed by atoms with E-state index in [9.17, 15) is 4.79 Å². The van der Waals surface area contributed by atoms with Gasteiger partial charge in [0.25, 0.3) is 0 Å². The number of hydrogen-bond donors (Lipinski definition) is 2. The average Bonchev–Trinajstić information content (AvgIpc) is 3.07. The molecule has 1 fully saturated rings. The maximum Gasteiger partial charge on any atom is 0.341 e. The van der Waals surface area contributed by atoms with Gasteiger partial charge in [-0.15, -0.1) is 0 Å². The van der Waals surface area contributed by atoms with Gasteiger partial charge in [-0.1, -0.05) is 0 Å². The zero-order chi connectivity index (χ0) is 12.3. The summed E-state index contributed by atoms with van der Waals surface area (Å²) in [4.78, 5) is 18.7. The molecule has 6 nitrogen and oxygen atoms in total. The van der Waals surface area contributed by atoms with Crippen LogP contribution in [0.1, 0.15) is 18.5 Å². The Morgan fingerprint density at radius 2 is 2.35 bits per heavy atom. The number of carboxylic acid groups (broad SMARTS) is 1. The molecule has 0 bridgehead atoms. The highest BCUT2D eigenvalue weighted by atomic mass is 16.5. The summed E-state index contributed by atoms with van der Waals surface area (Å²) in [6.07, 6.45) is 2.50. The lowest BCUT2D eigenvalue weighted by Crippen LogP contribution is -2.12. The second kappa shape index (κ2) is 4.99. The Balaban J connectivity index is 1.97. The van der Waals surface area contributed by atoms with E-state index in [1.165, 1.54) is 12.8 Å². The van der Waals surface area contributed by atoms with Gasteiger partial charge in [-0.25, -0.2) is 9.78 Å². The molecule has 1 aliphatic carbocycles. The van der Waals surface area contributed by atoms with E-state index in [4.69, 9.17) is 9.84 Å². The topological polar surface area (TPSA) is 84.3 Å². The lowest BCUT2D eigenvalue weighted by atomic mass is 10.4. The number of nitrogens with zero attached hydrogens (tertiary/aromatic N) is 2. The van der Waals surface area contributed by atoms with E-state index in [0.29, 0.717) is 5.95 Å². The number of aryl methyl sites for hydroxylation is 1. The number of carbonyl (C=O) groups is 1. The van der Waals surface area contributed by atoms with Crippen LogP contribution in [-0.4, -0.2) is 34.2 Å². The normalized spacial score (nSPS) is 14.4. The third-order valence-electron chi connectivity index (χ3n) is 2.42. The Labute approximate surface area is 99.0 Å². The lowest BCUT2D eigenvalue weighted by molar-refractivity contribution is -0.139. The molecule has 0 spiro atoms. The molecule has 2 rings (SSSR count). The van der Waals surface area contributed by atoms with Gasteiger partial charge in [-0.3, -0.25) is 0 Å². The SMILES string of the molecule is Cc1cc(OCC(=O)O)nc(NCC2CC2)n1. The highest BCUT2D eigenvalue weighted by molar-refractivity contribution is 5.68. The van der Waals surface area contributed by atoms with Gasteiger partial charge < -0.3 is 15.2 Å². The molecule has 1 heterocycles. The number of hydrogen-bond acceptors (Lipinski definition) is 5. The molecule has 1 saturated carbocycles. The van der Waals surface area contributed by atoms with Gasteiger partial charge in [0, 0.05) is 18.3 Å². The van der Waals surface area contributed by atoms with Gasteiger partial charge in [0.05, 0.1) is 0 Å². The van der Waals surface area contributed by atoms with Crippen LogP contribution >= 0.6 is 0 Å². The third kappa shape index (κ3) is 3.90. The van der Waals surface area contributed by atoms with Crippen molar-refractivity contribution >= 4 is 11.9 Å². The number of carboxylic acids is 1. The highest BCUT2D eigenvalue weighted by Crippen LogP contribution is 2.28. The predicted molar refractivity (Wildman–Crippen MR) is 61.1 cm³/mol. The molecule has 0 radical (unpaired) electrons. The first-order chi connectivity index (χ1) is 8.13. The highest BCUT2D eigenvalue weighted by Gasteiger charge is 2.21. The Morgan fingerprint density at radius 1 is 1.59 bits per heavy atom. The minimum Gasteiger partial charge on any atom is -0.479 e. The molecule has 0 unspecified atom stereocenters. The van der Waals surface area contributed by atoms with Crippen molar-refractivity contribution in [3.05, 3.63) is 11.8 Å². The van der Waals surface area contributed by atoms with Crippen LogP contribution in [0.3, 0.4) is 0 Å². The summed E-state index contributed by atoms with van der Waals surface area (Å²) in [6.45, 7) is 2.29. The summed E-state index contributed by atoms with van der Waals surface area (Å²) in [5.74, 6) is 0.492. The zero-order valence-electron chi connectivity index (χ0n) is 9.64. The predicted octanol–water partition coefficient (Wildman–Crippen LogP) is 1.07. The van der Waals surface area contributed by atoms with E-state index in [0.717, 1.165) is 18.2 Å². The molecule has 1 aliphatic rings. The first-order valence-electron chi connectivity index (χ1n) is 5.57. The number of aliphatic carboxylic acids is 1. The molecule has 0 amide bonds. The van der Waals surface area contributed by atoms with Crippen LogP contribution in [0.15, 0.2) is 6.07 Å². The van der Waals surface area contributed by atoms with Crippen LogP contribution in [0.25, 0.3) is 0 Å². The maximum atomic E-state index is 10.4. The third-order valence-corrected chi connectivity index (χ3v) is 2.42. The van der Waals surface area contributed by atoms with Crippen LogP contribution in [0.4, 0.5) is 5.95 Å². The van der Waals surface area contributed by atoms with Gasteiger partial charge in [-0.2, -0.15) is 4.98 Å². The molecule has 6 heteroatoms. The summed E-state index contributed by atoms with van der Waals surface area (Å²) in [5, 5.41) is 11.6. The van der Waals surface area contributed by atoms with Crippen molar-refractivity contribution in [2.75, 3.05) is 18.5 Å². The summed E-state index contributed by atoms with van der Waals surface area (Å²) >= 11 is 0. The van der Waals surface area contributed by atoms with Crippen LogP contribution in [-0.2, 0) is 4.79 Å². The molecule has 1 aromatic heterocycles. The minimum atomic E-state index is -1.02. The lowest BCUT2D eigenvalue weighted by Gasteiger charge is -2.07. The Kier molecular flexibility index (Phi) is 3.41. The fourth-order valence-corrected chi connectivity index (χ4v) is 1.39. The van der Waals surface area contributed by atoms with Crippen LogP contribution in [0, 0.1) is 12.8 Å². The molecule has 0 atom stereocenters. The number of rotatable bonds is 6. The Hall–Kier alpha value is -1.85. The second-order valence-electron chi connectivity index (χ2n) is 4.18. The summed E-state index contributed by atoms with van der Waals surface area (Å²) < 4.78 is 5.02. The summed E-state index contributed by atoms with van der Waals surface area (Å²) in [6, 6.07) is 1.62. The van der Waals surface area contributed by atoms with Crippen LogP contribution < -0.4 is 10.1 Å². The maximum absolute atomic E-state index is 10.4. The van der Waals surface area contributed by atoms with Gasteiger partial charge in [0.2, 0.25) is 11.8 Å². The van der Waals surface area contributed by atoms with Crippen molar-refractivity contribution < 1.29 is 14.6 Å². The van der Waals surface area contributed by atoms with E-state index in [1.807, 2.05) is 6.92 Å². The first-order valence-corrected chi connectivity index (χ1v) is 5.57. The van der Waals surface area contributed by atoms with Crippen molar-refractivity contribution in [2.24, 2.45) is 5.92 Å². The van der Waals surface area contributed by atoms with Crippen molar-refractivity contribution in [3.63, 3.8) is 0 Å². The molecule has 92 valence electrons. The van der Waals surface area contributed by atoms with Gasteiger partial charge >= 0.3 is 5.97 Å². The van der Waals surface area contributed by atoms with Gasteiger partial charge in [0.15, 0.2) is 6.61 Å². The number of aromatic nitrogens is 2. The van der Waals surface area contributed by atoms with E-state index in [1.54, 1.807) is 6.07 Å². The largest absolute Gasteiger partial charge is 0.479 e.